The van der Waals surface area contributed by atoms with E-state index in [2.05, 4.69) is 0 Å². The zero-order valence-electron chi connectivity index (χ0n) is 14.7. The lowest BCUT2D eigenvalue weighted by Crippen LogP contribution is -2.40. The lowest BCUT2D eigenvalue weighted by atomic mass is 9.93. The molecule has 0 fully saturated rings. The van der Waals surface area contributed by atoms with Gasteiger partial charge in [-0.2, -0.15) is 0 Å². The third-order valence-corrected chi connectivity index (χ3v) is 4.62. The van der Waals surface area contributed by atoms with Gasteiger partial charge in [0.15, 0.2) is 0 Å². The van der Waals surface area contributed by atoms with Gasteiger partial charge in [-0.25, -0.2) is 9.69 Å². The first-order valence-electron chi connectivity index (χ1n) is 8.23. The highest BCUT2D eigenvalue weighted by atomic mass is 16.5. The summed E-state index contributed by atoms with van der Waals surface area (Å²) in [5.41, 5.74) is 1.45. The molecule has 27 heavy (non-hydrogen) atoms. The van der Waals surface area contributed by atoms with Crippen molar-refractivity contribution in [3.8, 4) is 5.75 Å². The van der Waals surface area contributed by atoms with Crippen molar-refractivity contribution < 1.29 is 23.9 Å². The van der Waals surface area contributed by atoms with Crippen LogP contribution in [0.2, 0.25) is 0 Å². The number of esters is 1. The molecule has 6 heteroatoms. The molecular formula is C21H15NO5. The molecule has 0 spiro atoms. The molecule has 134 valence electrons. The number of hydrogen-bond donors (Lipinski definition) is 0. The first kappa shape index (κ1) is 16.8. The minimum Gasteiger partial charge on any atom is -0.496 e. The molecule has 0 atom stereocenters. The second-order valence-electron chi connectivity index (χ2n) is 6.03. The molecule has 0 saturated carbocycles. The summed E-state index contributed by atoms with van der Waals surface area (Å²) in [7, 11) is 2.67. The fraction of sp³-hybridized carbons (Fsp3) is 0.0952. The Balaban J connectivity index is 1.88. The van der Waals surface area contributed by atoms with Crippen LogP contribution in [-0.2, 0) is 4.74 Å². The number of imide groups is 1. The van der Waals surface area contributed by atoms with E-state index in [0.717, 1.165) is 10.3 Å². The third kappa shape index (κ3) is 2.45. The van der Waals surface area contributed by atoms with E-state index >= 15 is 0 Å². The highest BCUT2D eigenvalue weighted by molar-refractivity contribution is 6.35. The van der Waals surface area contributed by atoms with Crippen molar-refractivity contribution in [1.29, 1.82) is 0 Å². The van der Waals surface area contributed by atoms with Crippen LogP contribution >= 0.6 is 0 Å². The van der Waals surface area contributed by atoms with Crippen molar-refractivity contribution in [1.82, 2.24) is 0 Å². The van der Waals surface area contributed by atoms with E-state index in [9.17, 15) is 14.4 Å². The summed E-state index contributed by atoms with van der Waals surface area (Å²) in [4.78, 5) is 39.1. The Morgan fingerprint density at radius 1 is 0.889 bits per heavy atom. The molecule has 0 N–H and O–H groups in total. The number of anilines is 1. The first-order chi connectivity index (χ1) is 13.1. The topological polar surface area (TPSA) is 72.9 Å². The zero-order chi connectivity index (χ0) is 19.1. The monoisotopic (exact) mass is 361 g/mol. The molecule has 6 nitrogen and oxygen atoms in total. The van der Waals surface area contributed by atoms with Crippen LogP contribution in [0.25, 0.3) is 10.8 Å². The van der Waals surface area contributed by atoms with Gasteiger partial charge in [0.25, 0.3) is 11.8 Å². The van der Waals surface area contributed by atoms with E-state index in [1.807, 2.05) is 12.1 Å². The smallest absolute Gasteiger partial charge is 0.341 e. The van der Waals surface area contributed by atoms with Crippen LogP contribution < -0.4 is 9.64 Å². The van der Waals surface area contributed by atoms with E-state index in [1.165, 1.54) is 32.4 Å². The van der Waals surface area contributed by atoms with Crippen molar-refractivity contribution in [2.45, 2.75) is 0 Å². The third-order valence-electron chi connectivity index (χ3n) is 4.62. The Kier molecular flexibility index (Phi) is 3.88. The lowest BCUT2D eigenvalue weighted by molar-refractivity contribution is 0.0597. The Hall–Kier alpha value is -3.67. The Labute approximate surface area is 154 Å². The van der Waals surface area contributed by atoms with Crippen LogP contribution in [0.3, 0.4) is 0 Å². The Morgan fingerprint density at radius 3 is 2.07 bits per heavy atom. The van der Waals surface area contributed by atoms with Crippen molar-refractivity contribution in [3.05, 3.63) is 71.3 Å². The highest BCUT2D eigenvalue weighted by Crippen LogP contribution is 2.34. The van der Waals surface area contributed by atoms with Gasteiger partial charge in [0.1, 0.15) is 11.3 Å². The molecule has 0 radical (unpaired) electrons. The van der Waals surface area contributed by atoms with Gasteiger partial charge < -0.3 is 9.47 Å². The molecule has 4 rings (SSSR count). The predicted molar refractivity (Wildman–Crippen MR) is 99.4 cm³/mol. The van der Waals surface area contributed by atoms with Crippen LogP contribution in [0, 0.1) is 0 Å². The maximum absolute atomic E-state index is 13.1. The standard InChI is InChI=1S/C21H15NO5/c1-26-17-11-13(9-10-14(17)21(25)27-2)22-19(23)15-7-3-5-12-6-4-8-16(18(12)15)20(22)24/h3-11H,1-2H3. The molecule has 3 aromatic carbocycles. The highest BCUT2D eigenvalue weighted by Gasteiger charge is 2.34. The number of nitrogens with zero attached hydrogens (tertiary/aromatic N) is 1. The number of benzene rings is 3. The van der Waals surface area contributed by atoms with Crippen LogP contribution in [-0.4, -0.2) is 32.0 Å². The minimum absolute atomic E-state index is 0.211. The molecule has 1 aliphatic rings. The molecule has 0 unspecified atom stereocenters. The molecular weight excluding hydrogens is 346 g/mol. The molecule has 0 aromatic heterocycles. The van der Waals surface area contributed by atoms with Gasteiger partial charge in [0, 0.05) is 22.6 Å². The summed E-state index contributed by atoms with van der Waals surface area (Å²) in [6.45, 7) is 0. The number of carbonyl (C=O) groups excluding carboxylic acids is 3. The first-order valence-corrected chi connectivity index (χ1v) is 8.23. The van der Waals surface area contributed by atoms with Crippen LogP contribution in [0.15, 0.2) is 54.6 Å². The fourth-order valence-electron chi connectivity index (χ4n) is 3.36. The summed E-state index contributed by atoms with van der Waals surface area (Å²) in [5.74, 6) is -1.18. The second-order valence-corrected chi connectivity index (χ2v) is 6.03. The van der Waals surface area contributed by atoms with E-state index in [4.69, 9.17) is 9.47 Å². The van der Waals surface area contributed by atoms with Crippen molar-refractivity contribution in [2.75, 3.05) is 19.1 Å². The molecule has 0 bridgehead atoms. The average molecular weight is 361 g/mol. The van der Waals surface area contributed by atoms with Gasteiger partial charge in [-0.05, 0) is 29.7 Å². The fourth-order valence-corrected chi connectivity index (χ4v) is 3.36. The molecule has 0 saturated heterocycles. The molecule has 0 aliphatic carbocycles. The number of methoxy groups -OCH3 is 2. The molecule has 1 heterocycles. The maximum Gasteiger partial charge on any atom is 0.341 e. The molecule has 2 amide bonds. The maximum atomic E-state index is 13.1. The summed E-state index contributed by atoms with van der Waals surface area (Å²) in [5, 5.41) is 1.49. The van der Waals surface area contributed by atoms with Crippen LogP contribution in [0.5, 0.6) is 5.75 Å². The van der Waals surface area contributed by atoms with Crippen molar-refractivity contribution in [3.63, 3.8) is 0 Å². The summed E-state index contributed by atoms with van der Waals surface area (Å²) >= 11 is 0. The number of rotatable bonds is 3. The quantitative estimate of drug-likeness (QED) is 0.528. The number of amides is 2. The average Bonchev–Trinajstić information content (AvgIpc) is 2.71. The summed E-state index contributed by atoms with van der Waals surface area (Å²) in [6, 6.07) is 15.2. The van der Waals surface area contributed by atoms with Crippen molar-refractivity contribution >= 4 is 34.2 Å². The lowest BCUT2D eigenvalue weighted by Gasteiger charge is -2.27. The van der Waals surface area contributed by atoms with E-state index in [1.54, 1.807) is 24.3 Å². The van der Waals surface area contributed by atoms with E-state index in [-0.39, 0.29) is 11.3 Å². The van der Waals surface area contributed by atoms with Gasteiger partial charge in [-0.15, -0.1) is 0 Å². The van der Waals surface area contributed by atoms with Gasteiger partial charge >= 0.3 is 5.97 Å². The number of carbonyl (C=O) groups is 3. The largest absolute Gasteiger partial charge is 0.496 e. The van der Waals surface area contributed by atoms with Gasteiger partial charge in [0.05, 0.1) is 19.9 Å². The normalized spacial score (nSPS) is 13.0. The van der Waals surface area contributed by atoms with Gasteiger partial charge in [0.2, 0.25) is 0 Å². The number of ether oxygens (including phenoxy) is 2. The minimum atomic E-state index is -0.565. The zero-order valence-corrected chi connectivity index (χ0v) is 14.7. The van der Waals surface area contributed by atoms with E-state index in [0.29, 0.717) is 22.2 Å². The van der Waals surface area contributed by atoms with Crippen molar-refractivity contribution in [2.24, 2.45) is 0 Å². The van der Waals surface area contributed by atoms with Crippen LogP contribution in [0.1, 0.15) is 31.1 Å². The number of hydrogen-bond acceptors (Lipinski definition) is 5. The summed E-state index contributed by atoms with van der Waals surface area (Å²) in [6.07, 6.45) is 0. The molecule has 3 aromatic rings. The predicted octanol–water partition coefficient (Wildman–Crippen LogP) is 3.44. The SMILES string of the molecule is COC(=O)c1ccc(N2C(=O)c3cccc4cccc(c34)C2=O)cc1OC. The summed E-state index contributed by atoms with van der Waals surface area (Å²) < 4.78 is 9.97. The Bertz CT molecular complexity index is 1070. The second kappa shape index (κ2) is 6.25. The van der Waals surface area contributed by atoms with Gasteiger partial charge in [-0.3, -0.25) is 9.59 Å². The van der Waals surface area contributed by atoms with E-state index < -0.39 is 17.8 Å². The van der Waals surface area contributed by atoms with Gasteiger partial charge in [-0.1, -0.05) is 24.3 Å². The van der Waals surface area contributed by atoms with Crippen LogP contribution in [0.4, 0.5) is 5.69 Å². The Morgan fingerprint density at radius 2 is 1.52 bits per heavy atom. The molecule has 1 aliphatic heterocycles.